The lowest BCUT2D eigenvalue weighted by atomic mass is 9.76. The van der Waals surface area contributed by atoms with Gasteiger partial charge in [-0.25, -0.2) is 9.69 Å². The van der Waals surface area contributed by atoms with Crippen LogP contribution < -0.4 is 10.6 Å². The van der Waals surface area contributed by atoms with Crippen LogP contribution in [0.5, 0.6) is 0 Å². The van der Waals surface area contributed by atoms with E-state index in [1.807, 2.05) is 0 Å². The minimum atomic E-state index is -2.71. The third kappa shape index (κ3) is 10.0. The van der Waals surface area contributed by atoms with Crippen molar-refractivity contribution in [3.8, 4) is 0 Å². The van der Waals surface area contributed by atoms with E-state index in [0.717, 1.165) is 25.7 Å². The maximum Gasteiger partial charge on any atom is 0.420 e. The van der Waals surface area contributed by atoms with Gasteiger partial charge in [-0.15, -0.1) is 0 Å². The van der Waals surface area contributed by atoms with E-state index in [4.69, 9.17) is 16.3 Å². The molecule has 0 saturated carbocycles. The van der Waals surface area contributed by atoms with E-state index in [-0.39, 0.29) is 34.3 Å². The lowest BCUT2D eigenvalue weighted by molar-refractivity contribution is -0.148. The van der Waals surface area contributed by atoms with Gasteiger partial charge < -0.3 is 15.4 Å². The minimum absolute atomic E-state index is 0.0517. The predicted molar refractivity (Wildman–Crippen MR) is 183 cm³/mol. The van der Waals surface area contributed by atoms with Crippen LogP contribution in [0.2, 0.25) is 0 Å². The zero-order chi connectivity index (χ0) is 35.6. The number of nitrogens with zero attached hydrogens (tertiary/aromatic N) is 1. The molecule has 1 aliphatic rings. The Kier molecular flexibility index (Phi) is 12.0. The molecule has 0 aromatic heterocycles. The Morgan fingerprint density at radius 1 is 0.870 bits per heavy atom. The summed E-state index contributed by atoms with van der Waals surface area (Å²) in [7, 11) is 0. The van der Waals surface area contributed by atoms with Crippen LogP contribution in [0.3, 0.4) is 0 Å². The molecule has 4 unspecified atom stereocenters. The van der Waals surface area contributed by atoms with Crippen LogP contribution in [0.1, 0.15) is 116 Å². The van der Waals surface area contributed by atoms with Gasteiger partial charge >= 0.3 is 6.09 Å². The van der Waals surface area contributed by atoms with Crippen molar-refractivity contribution in [1.29, 1.82) is 0 Å². The number of nitrogens with one attached hydrogen (secondary N) is 2. The minimum Gasteiger partial charge on any atom is -0.433 e. The van der Waals surface area contributed by atoms with Crippen molar-refractivity contribution in [1.82, 2.24) is 4.90 Å². The van der Waals surface area contributed by atoms with Gasteiger partial charge in [-0.05, 0) is 80.4 Å². The number of halogens is 1. The number of hydrogen-bond donors (Lipinski definition) is 2. The van der Waals surface area contributed by atoms with E-state index in [9.17, 15) is 24.0 Å². The molecule has 1 fully saturated rings. The molecule has 10 heteroatoms. The van der Waals surface area contributed by atoms with Crippen molar-refractivity contribution in [2.24, 2.45) is 34.0 Å². The molecule has 0 spiro atoms. The van der Waals surface area contributed by atoms with Gasteiger partial charge in [-0.3, -0.25) is 19.2 Å². The molecular weight excluding hydrogens is 606 g/mol. The van der Waals surface area contributed by atoms with E-state index in [2.05, 4.69) is 66.0 Å². The smallest absolute Gasteiger partial charge is 0.420 e. The lowest BCUT2D eigenvalue weighted by Crippen LogP contribution is -2.63. The SMILES string of the molecule is CC(CCC(C(=O)Nc1cccc(NC(=O)C(Cl)(C(=O)C(C)(C)C)N2C(=O)OC(C)(C)C2=O)c1)C(C)CC(C)(C)C)CC(C)(C)C. The van der Waals surface area contributed by atoms with E-state index in [1.54, 1.807) is 24.3 Å². The third-order valence-corrected chi connectivity index (χ3v) is 8.62. The fourth-order valence-corrected chi connectivity index (χ4v) is 6.72. The molecule has 1 heterocycles. The molecule has 1 saturated heterocycles. The first-order valence-corrected chi connectivity index (χ1v) is 16.6. The largest absolute Gasteiger partial charge is 0.433 e. The fraction of sp³-hybridized carbons (Fsp3) is 0.694. The molecule has 1 aliphatic heterocycles. The van der Waals surface area contributed by atoms with Gasteiger partial charge in [0.1, 0.15) is 0 Å². The van der Waals surface area contributed by atoms with Crippen molar-refractivity contribution >= 4 is 52.6 Å². The van der Waals surface area contributed by atoms with E-state index < -0.39 is 39.7 Å². The highest BCUT2D eigenvalue weighted by Gasteiger charge is 2.64. The third-order valence-electron chi connectivity index (χ3n) is 8.11. The maximum absolute atomic E-state index is 13.8. The number of hydrogen-bond acceptors (Lipinski definition) is 6. The molecule has 1 aromatic rings. The van der Waals surface area contributed by atoms with Crippen LogP contribution in [0.4, 0.5) is 16.2 Å². The van der Waals surface area contributed by atoms with Crippen molar-refractivity contribution in [3.63, 3.8) is 0 Å². The van der Waals surface area contributed by atoms with Gasteiger partial charge in [0.2, 0.25) is 5.91 Å². The first kappa shape index (κ1) is 39.2. The Morgan fingerprint density at radius 2 is 1.39 bits per heavy atom. The number of carbonyl (C=O) groups excluding carboxylic acids is 5. The number of benzene rings is 1. The molecule has 258 valence electrons. The summed E-state index contributed by atoms with van der Waals surface area (Å²) in [6, 6.07) is 6.47. The van der Waals surface area contributed by atoms with Gasteiger partial charge in [0, 0.05) is 22.7 Å². The quantitative estimate of drug-likeness (QED) is 0.132. The summed E-state index contributed by atoms with van der Waals surface area (Å²) in [4.78, 5) is 64.8. The summed E-state index contributed by atoms with van der Waals surface area (Å²) in [5.41, 5.74) is -1.90. The highest BCUT2D eigenvalue weighted by atomic mass is 35.5. The number of ether oxygens (including phenoxy) is 1. The van der Waals surface area contributed by atoms with Crippen molar-refractivity contribution in [3.05, 3.63) is 24.3 Å². The molecule has 2 N–H and O–H groups in total. The van der Waals surface area contributed by atoms with Gasteiger partial charge in [0.25, 0.3) is 16.8 Å². The maximum atomic E-state index is 13.8. The Hall–Kier alpha value is -2.94. The topological polar surface area (TPSA) is 122 Å². The number of ketones is 1. The van der Waals surface area contributed by atoms with Gasteiger partial charge in [-0.2, -0.15) is 0 Å². The summed E-state index contributed by atoms with van der Waals surface area (Å²) in [6.45, 7) is 24.9. The van der Waals surface area contributed by atoms with Crippen LogP contribution >= 0.6 is 11.6 Å². The number of anilines is 2. The number of amides is 4. The second-order valence-corrected chi connectivity index (χ2v) is 17.6. The molecule has 46 heavy (non-hydrogen) atoms. The Labute approximate surface area is 280 Å². The molecule has 0 bridgehead atoms. The summed E-state index contributed by atoms with van der Waals surface area (Å²) in [6.07, 6.45) is 2.42. The molecule has 1 aromatic carbocycles. The fourth-order valence-electron chi connectivity index (χ4n) is 6.25. The zero-order valence-electron chi connectivity index (χ0n) is 30.1. The molecule has 4 amide bonds. The predicted octanol–water partition coefficient (Wildman–Crippen LogP) is 8.41. The Balaban J connectivity index is 2.36. The van der Waals surface area contributed by atoms with Gasteiger partial charge in [-0.1, -0.05) is 93.8 Å². The number of rotatable bonds is 12. The monoisotopic (exact) mass is 661 g/mol. The summed E-state index contributed by atoms with van der Waals surface area (Å²) < 4.78 is 5.15. The normalized spacial score (nSPS) is 18.7. The van der Waals surface area contributed by atoms with Crippen LogP contribution in [0.15, 0.2) is 24.3 Å². The summed E-state index contributed by atoms with van der Waals surface area (Å²) >= 11 is 6.72. The van der Waals surface area contributed by atoms with E-state index >= 15 is 0 Å². The summed E-state index contributed by atoms with van der Waals surface area (Å²) in [5.74, 6) is -2.60. The molecule has 0 radical (unpaired) electrons. The average molecular weight is 662 g/mol. The van der Waals surface area contributed by atoms with Crippen LogP contribution in [-0.2, 0) is 23.9 Å². The molecule has 4 atom stereocenters. The molecule has 0 aliphatic carbocycles. The second-order valence-electron chi connectivity index (χ2n) is 17.0. The average Bonchev–Trinajstić information content (AvgIpc) is 3.06. The van der Waals surface area contributed by atoms with Crippen LogP contribution in [-0.4, -0.2) is 45.1 Å². The molecule has 9 nitrogen and oxygen atoms in total. The number of Topliss-reactive ketones (excluding diaryl/α,β-unsaturated/α-hetero) is 1. The first-order chi connectivity index (χ1) is 20.7. The Morgan fingerprint density at radius 3 is 1.85 bits per heavy atom. The number of alkyl halides is 1. The lowest BCUT2D eigenvalue weighted by Gasteiger charge is -2.35. The highest BCUT2D eigenvalue weighted by molar-refractivity contribution is 6.50. The van der Waals surface area contributed by atoms with Gasteiger partial charge in [0.15, 0.2) is 11.4 Å². The van der Waals surface area contributed by atoms with Crippen LogP contribution in [0.25, 0.3) is 0 Å². The van der Waals surface area contributed by atoms with E-state index in [0.29, 0.717) is 16.5 Å². The number of imide groups is 1. The van der Waals surface area contributed by atoms with Crippen molar-refractivity contribution in [2.45, 2.75) is 126 Å². The van der Waals surface area contributed by atoms with Crippen LogP contribution in [0, 0.1) is 34.0 Å². The van der Waals surface area contributed by atoms with Crippen molar-refractivity contribution in [2.75, 3.05) is 10.6 Å². The first-order valence-electron chi connectivity index (χ1n) is 16.2. The van der Waals surface area contributed by atoms with Gasteiger partial charge in [0.05, 0.1) is 0 Å². The summed E-state index contributed by atoms with van der Waals surface area (Å²) in [5, 5.41) is 5.63. The highest BCUT2D eigenvalue weighted by Crippen LogP contribution is 2.39. The molecule has 2 rings (SSSR count). The number of cyclic esters (lactones) is 1. The van der Waals surface area contributed by atoms with E-state index in [1.165, 1.54) is 34.6 Å². The second kappa shape index (κ2) is 14.0. The Bertz CT molecular complexity index is 1320. The number of carbonyl (C=O) groups is 5. The standard InChI is InChI=1S/C36H56ClN3O6/c1-22(20-32(3,4)5)17-18-26(23(2)21-33(6,7)8)27(41)38-24-15-14-16-25(19-24)39-29(43)36(37,28(42)34(9,10)11)40-30(44)35(12,13)46-31(40)45/h14-16,19,22-23,26H,17-18,20-21H2,1-13H3,(H,38,41)(H,39,43). The van der Waals surface area contributed by atoms with Crippen molar-refractivity contribution < 1.29 is 28.7 Å². The zero-order valence-corrected chi connectivity index (χ0v) is 30.9. The molecular formula is C36H56ClN3O6.